The normalized spacial score (nSPS) is 36.0. The van der Waals surface area contributed by atoms with Crippen LogP contribution < -0.4 is 0 Å². The van der Waals surface area contributed by atoms with Crippen molar-refractivity contribution in [1.29, 1.82) is 0 Å². The molecule has 0 amide bonds. The summed E-state index contributed by atoms with van der Waals surface area (Å²) in [5.74, 6) is 3.42. The number of Topliss-reactive ketones (excluding diaryl/α,β-unsaturated/α-hetero) is 1. The van der Waals surface area contributed by atoms with Gasteiger partial charge in [-0.1, -0.05) is 11.8 Å². The van der Waals surface area contributed by atoms with Gasteiger partial charge in [0.2, 0.25) is 0 Å². The zero-order valence-electron chi connectivity index (χ0n) is 13.1. The van der Waals surface area contributed by atoms with Gasteiger partial charge in [0.1, 0.15) is 5.78 Å². The van der Waals surface area contributed by atoms with Crippen LogP contribution in [0.4, 0.5) is 0 Å². The Labute approximate surface area is 135 Å². The van der Waals surface area contributed by atoms with E-state index in [0.717, 1.165) is 47.9 Å². The third kappa shape index (κ3) is 2.33. The van der Waals surface area contributed by atoms with Crippen LogP contribution in [0, 0.1) is 23.2 Å². The van der Waals surface area contributed by atoms with E-state index in [-0.39, 0.29) is 12.0 Å². The number of rotatable bonds is 5. The summed E-state index contributed by atoms with van der Waals surface area (Å²) in [6, 6.07) is 0. The minimum atomic E-state index is -0.00722. The van der Waals surface area contributed by atoms with Crippen LogP contribution in [-0.2, 0) is 18.4 Å². The van der Waals surface area contributed by atoms with Crippen LogP contribution in [-0.4, -0.2) is 26.2 Å². The van der Waals surface area contributed by atoms with E-state index in [0.29, 0.717) is 11.5 Å². The van der Waals surface area contributed by atoms with Crippen molar-refractivity contribution in [2.24, 2.45) is 30.2 Å². The van der Waals surface area contributed by atoms with Crippen molar-refractivity contribution in [3.05, 3.63) is 11.9 Å². The van der Waals surface area contributed by atoms with Crippen LogP contribution >= 0.6 is 11.8 Å². The number of hydrogen-bond acceptors (Lipinski definition) is 4. The predicted molar refractivity (Wildman–Crippen MR) is 85.5 cm³/mol. The Balaban J connectivity index is 1.45. The van der Waals surface area contributed by atoms with Crippen molar-refractivity contribution in [1.82, 2.24) is 9.55 Å². The Hall–Kier alpha value is -0.810. The highest BCUT2D eigenvalue weighted by Gasteiger charge is 2.54. The predicted octanol–water partition coefficient (Wildman–Crippen LogP) is 2.79. The SMILES string of the molecule is Cn1c(CO)cnc1SCC(=O)C12CC3CC(CC(C3)C1)C2. The molecule has 4 bridgehead atoms. The lowest BCUT2D eigenvalue weighted by Gasteiger charge is -2.56. The summed E-state index contributed by atoms with van der Waals surface area (Å²) < 4.78 is 1.89. The molecule has 0 aliphatic heterocycles. The average Bonchev–Trinajstić information content (AvgIpc) is 2.83. The third-order valence-electron chi connectivity index (χ3n) is 6.17. The van der Waals surface area contributed by atoms with Gasteiger partial charge in [0.05, 0.1) is 24.3 Å². The van der Waals surface area contributed by atoms with Gasteiger partial charge in [-0.25, -0.2) is 4.98 Å². The number of aliphatic hydroxyl groups is 1. The van der Waals surface area contributed by atoms with Gasteiger partial charge < -0.3 is 9.67 Å². The standard InChI is InChI=1S/C17H24N2O2S/c1-19-14(9-20)8-18-16(19)22-10-15(21)17-5-11-2-12(6-17)4-13(3-11)7-17/h8,11-13,20H,2-7,9-10H2,1H3. The molecule has 0 saturated heterocycles. The van der Waals surface area contributed by atoms with E-state index in [9.17, 15) is 9.90 Å². The molecule has 1 aromatic heterocycles. The number of thioether (sulfide) groups is 1. The maximum Gasteiger partial charge on any atom is 0.168 e. The van der Waals surface area contributed by atoms with Crippen LogP contribution in [0.25, 0.3) is 0 Å². The molecule has 1 N–H and O–H groups in total. The van der Waals surface area contributed by atoms with E-state index in [1.165, 1.54) is 31.0 Å². The van der Waals surface area contributed by atoms with E-state index < -0.39 is 0 Å². The Morgan fingerprint density at radius 2 is 1.91 bits per heavy atom. The van der Waals surface area contributed by atoms with Gasteiger partial charge in [-0.15, -0.1) is 0 Å². The quantitative estimate of drug-likeness (QED) is 0.848. The lowest BCUT2D eigenvalue weighted by Crippen LogP contribution is -2.50. The lowest BCUT2D eigenvalue weighted by molar-refractivity contribution is -0.141. The molecule has 0 aromatic carbocycles. The number of hydrogen-bond donors (Lipinski definition) is 1. The summed E-state index contributed by atoms with van der Waals surface area (Å²) in [5.41, 5.74) is 0.789. The number of aromatic nitrogens is 2. The van der Waals surface area contributed by atoms with Crippen molar-refractivity contribution in [3.63, 3.8) is 0 Å². The molecule has 4 aliphatic carbocycles. The molecule has 0 radical (unpaired) electrons. The van der Waals surface area contributed by atoms with Crippen molar-refractivity contribution in [2.75, 3.05) is 5.75 Å². The summed E-state index contributed by atoms with van der Waals surface area (Å²) in [4.78, 5) is 17.3. The second-order valence-electron chi connectivity index (χ2n) is 7.66. The summed E-state index contributed by atoms with van der Waals surface area (Å²) in [6.45, 7) is -0.00696. The molecule has 4 nitrogen and oxygen atoms in total. The lowest BCUT2D eigenvalue weighted by atomic mass is 9.48. The van der Waals surface area contributed by atoms with E-state index in [1.54, 1.807) is 6.20 Å². The molecule has 4 aliphatic rings. The van der Waals surface area contributed by atoms with Gasteiger partial charge in [0.15, 0.2) is 5.16 Å². The van der Waals surface area contributed by atoms with Crippen molar-refractivity contribution < 1.29 is 9.90 Å². The Bertz CT molecular complexity index is 560. The maximum atomic E-state index is 13.0. The molecular formula is C17H24N2O2S. The minimum Gasteiger partial charge on any atom is -0.390 e. The third-order valence-corrected chi connectivity index (χ3v) is 7.21. The van der Waals surface area contributed by atoms with Crippen LogP contribution in [0.15, 0.2) is 11.4 Å². The number of nitrogens with zero attached hydrogens (tertiary/aromatic N) is 2. The van der Waals surface area contributed by atoms with E-state index in [1.807, 2.05) is 11.6 Å². The number of ketones is 1. The van der Waals surface area contributed by atoms with Crippen molar-refractivity contribution in [3.8, 4) is 0 Å². The van der Waals surface area contributed by atoms with Crippen molar-refractivity contribution >= 4 is 17.5 Å². The molecule has 120 valence electrons. The number of carbonyl (C=O) groups is 1. The van der Waals surface area contributed by atoms with Crippen molar-refractivity contribution in [2.45, 2.75) is 50.3 Å². The van der Waals surface area contributed by atoms with Gasteiger partial charge in [-0.2, -0.15) is 0 Å². The smallest absolute Gasteiger partial charge is 0.168 e. The largest absolute Gasteiger partial charge is 0.390 e. The first-order valence-corrected chi connectivity index (χ1v) is 9.36. The van der Waals surface area contributed by atoms with Gasteiger partial charge >= 0.3 is 0 Å². The molecule has 1 heterocycles. The highest BCUT2D eigenvalue weighted by Crippen LogP contribution is 2.60. The number of aliphatic hydroxyl groups excluding tert-OH is 1. The fraction of sp³-hybridized carbons (Fsp3) is 0.765. The second-order valence-corrected chi connectivity index (χ2v) is 8.60. The first-order valence-electron chi connectivity index (χ1n) is 8.37. The maximum absolute atomic E-state index is 13.0. The first-order chi connectivity index (χ1) is 10.6. The Morgan fingerprint density at radius 1 is 1.32 bits per heavy atom. The fourth-order valence-corrected chi connectivity index (χ4v) is 6.45. The molecule has 5 heteroatoms. The van der Waals surface area contributed by atoms with Gasteiger partial charge in [-0.3, -0.25) is 4.79 Å². The second kappa shape index (κ2) is 5.38. The summed E-state index contributed by atoms with van der Waals surface area (Å²) in [6.07, 6.45) is 9.23. The average molecular weight is 320 g/mol. The Morgan fingerprint density at radius 3 is 2.41 bits per heavy atom. The molecule has 4 fully saturated rings. The monoisotopic (exact) mass is 320 g/mol. The first kappa shape index (κ1) is 14.8. The number of carbonyl (C=O) groups excluding carboxylic acids is 1. The highest BCUT2D eigenvalue weighted by molar-refractivity contribution is 7.99. The molecule has 22 heavy (non-hydrogen) atoms. The summed E-state index contributed by atoms with van der Waals surface area (Å²) in [7, 11) is 1.90. The molecule has 0 atom stereocenters. The molecular weight excluding hydrogens is 296 g/mol. The molecule has 0 unspecified atom stereocenters. The van der Waals surface area contributed by atoms with Gasteiger partial charge in [0, 0.05) is 12.5 Å². The van der Waals surface area contributed by atoms with Crippen LogP contribution in [0.5, 0.6) is 0 Å². The molecule has 0 spiro atoms. The van der Waals surface area contributed by atoms with Crippen LogP contribution in [0.3, 0.4) is 0 Å². The highest BCUT2D eigenvalue weighted by atomic mass is 32.2. The van der Waals surface area contributed by atoms with Gasteiger partial charge in [-0.05, 0) is 56.3 Å². The number of imidazole rings is 1. The van der Waals surface area contributed by atoms with Gasteiger partial charge in [0.25, 0.3) is 0 Å². The topological polar surface area (TPSA) is 55.1 Å². The molecule has 1 aromatic rings. The molecule has 5 rings (SSSR count). The fourth-order valence-electron chi connectivity index (χ4n) is 5.44. The van der Waals surface area contributed by atoms with E-state index >= 15 is 0 Å². The van der Waals surface area contributed by atoms with Crippen LogP contribution in [0.1, 0.15) is 44.2 Å². The van der Waals surface area contributed by atoms with Crippen LogP contribution in [0.2, 0.25) is 0 Å². The summed E-state index contributed by atoms with van der Waals surface area (Å²) >= 11 is 1.53. The summed E-state index contributed by atoms with van der Waals surface area (Å²) in [5, 5.41) is 10.1. The van der Waals surface area contributed by atoms with E-state index in [4.69, 9.17) is 0 Å². The molecule has 4 saturated carbocycles. The van der Waals surface area contributed by atoms with E-state index in [2.05, 4.69) is 4.98 Å². The minimum absolute atomic E-state index is 0.00696. The zero-order chi connectivity index (χ0) is 15.3. The zero-order valence-corrected chi connectivity index (χ0v) is 13.9. The Kier molecular flexibility index (Phi) is 3.61.